The monoisotopic (exact) mass is 180 g/mol. The quantitative estimate of drug-likeness (QED) is 0.278. The summed E-state index contributed by atoms with van der Waals surface area (Å²) < 4.78 is 0. The average Bonchev–Trinajstić information content (AvgIpc) is 0.722. The van der Waals surface area contributed by atoms with Gasteiger partial charge in [-0.25, -0.2) is 0 Å². The summed E-state index contributed by atoms with van der Waals surface area (Å²) in [5, 5.41) is 0. The first-order chi connectivity index (χ1) is 2.00. The Morgan fingerprint density at radius 2 is 1.00 bits per heavy atom. The number of rotatable bonds is 0. The van der Waals surface area contributed by atoms with E-state index in [9.17, 15) is 0 Å². The molecule has 0 radical (unpaired) electrons. The van der Waals surface area contributed by atoms with Crippen molar-refractivity contribution in [2.75, 3.05) is 0 Å². The van der Waals surface area contributed by atoms with Gasteiger partial charge in [0.1, 0.15) is 0 Å². The number of hydrogen-bond acceptors (Lipinski definition) is 4. The molecule has 0 rings (SSSR count). The van der Waals surface area contributed by atoms with Crippen LogP contribution in [-0.4, -0.2) is 71.4 Å². The fraction of sp³-hybridized carbons (Fsp3) is 0. The maximum atomic E-state index is 7.33. The van der Waals surface area contributed by atoms with Crippen LogP contribution in [0.25, 0.3) is 0 Å². The van der Waals surface area contributed by atoms with Crippen molar-refractivity contribution in [1.29, 1.82) is 0 Å². The Labute approximate surface area is 104 Å². The SMILES string of the molecule is O.O[Si](O)(O)O.[Ca+2].[H-].[H-].[H-].[Na+]. The summed E-state index contributed by atoms with van der Waals surface area (Å²) in [6, 6.07) is 0. The summed E-state index contributed by atoms with van der Waals surface area (Å²) in [7, 11) is -4.61. The molecule has 46 valence electrons. The number of hydrogen-bond donors (Lipinski definition) is 4. The minimum atomic E-state index is -4.61. The maximum absolute atomic E-state index is 7.33. The molecule has 0 atom stereocenters. The minimum absolute atomic E-state index is 0. The van der Waals surface area contributed by atoms with E-state index in [0.717, 1.165) is 0 Å². The second-order valence-electron chi connectivity index (χ2n) is 0.600. The average molecular weight is 180 g/mol. The van der Waals surface area contributed by atoms with E-state index in [1.807, 2.05) is 0 Å². The van der Waals surface area contributed by atoms with Gasteiger partial charge in [-0.1, -0.05) is 0 Å². The second kappa shape index (κ2) is 9.28. The molecule has 0 saturated carbocycles. The van der Waals surface area contributed by atoms with Crippen LogP contribution in [0.3, 0.4) is 0 Å². The van der Waals surface area contributed by atoms with Crippen molar-refractivity contribution in [2.45, 2.75) is 0 Å². The van der Waals surface area contributed by atoms with Gasteiger partial charge >= 0.3 is 76.3 Å². The molecule has 0 fully saturated rings. The van der Waals surface area contributed by atoms with Gasteiger partial charge < -0.3 is 28.9 Å². The second-order valence-corrected chi connectivity index (χ2v) is 1.80. The van der Waals surface area contributed by atoms with E-state index >= 15 is 0 Å². The van der Waals surface area contributed by atoms with Crippen LogP contribution in [0.2, 0.25) is 0 Å². The zero-order valence-corrected chi connectivity index (χ0v) is 9.70. The van der Waals surface area contributed by atoms with Gasteiger partial charge in [0.05, 0.1) is 0 Å². The summed E-state index contributed by atoms with van der Waals surface area (Å²) in [6.07, 6.45) is 0. The van der Waals surface area contributed by atoms with E-state index in [1.54, 1.807) is 0 Å². The Hall–Kier alpha value is 2.28. The van der Waals surface area contributed by atoms with Gasteiger partial charge in [0.2, 0.25) is 0 Å². The van der Waals surface area contributed by atoms with Crippen LogP contribution in [-0.2, 0) is 0 Å². The standard InChI is InChI=1S/Ca.Na.H4O4Si.H2O.3H/c;;1-5(2,3)4;;;;/h;;1-4H;1H2;;;/q+2;+1;;;3*-1. The summed E-state index contributed by atoms with van der Waals surface area (Å²) in [4.78, 5) is 29.3. The first kappa shape index (κ1) is 22.4. The molecule has 0 saturated heterocycles. The van der Waals surface area contributed by atoms with Crippen molar-refractivity contribution >= 4 is 46.8 Å². The van der Waals surface area contributed by atoms with E-state index in [2.05, 4.69) is 0 Å². The molecule has 0 aliphatic heterocycles. The molecule has 0 aromatic carbocycles. The van der Waals surface area contributed by atoms with Crippen molar-refractivity contribution in [3.63, 3.8) is 0 Å². The summed E-state index contributed by atoms with van der Waals surface area (Å²) in [5.41, 5.74) is 0. The van der Waals surface area contributed by atoms with Crippen LogP contribution in [0, 0.1) is 0 Å². The van der Waals surface area contributed by atoms with Crippen molar-refractivity contribution in [3.8, 4) is 0 Å². The zero-order valence-electron chi connectivity index (χ0n) is 7.50. The van der Waals surface area contributed by atoms with Gasteiger partial charge in [0.15, 0.2) is 0 Å². The van der Waals surface area contributed by atoms with Crippen LogP contribution < -0.4 is 29.6 Å². The van der Waals surface area contributed by atoms with Crippen molar-refractivity contribution in [2.24, 2.45) is 0 Å². The molecule has 8 heteroatoms. The van der Waals surface area contributed by atoms with Crippen LogP contribution >= 0.6 is 0 Å². The van der Waals surface area contributed by atoms with E-state index in [-0.39, 0.29) is 77.1 Å². The molecule has 6 N–H and O–H groups in total. The molecule has 5 nitrogen and oxygen atoms in total. The predicted molar refractivity (Wildman–Crippen MR) is 27.3 cm³/mol. The molecule has 0 aliphatic rings. The van der Waals surface area contributed by atoms with Gasteiger partial charge in [0.25, 0.3) is 0 Å². The van der Waals surface area contributed by atoms with E-state index < -0.39 is 9.05 Å². The van der Waals surface area contributed by atoms with Gasteiger partial charge in [-0.2, -0.15) is 0 Å². The molecular formula is H9CaNaO5Si. The topological polar surface area (TPSA) is 112 Å². The Bertz CT molecular complexity index is 37.2. The third-order valence-electron chi connectivity index (χ3n) is 0. The molecule has 0 aliphatic carbocycles. The molecule has 0 aromatic rings. The van der Waals surface area contributed by atoms with Crippen LogP contribution in [0.5, 0.6) is 0 Å². The third kappa shape index (κ3) is 84.6. The van der Waals surface area contributed by atoms with Crippen LogP contribution in [0.4, 0.5) is 0 Å². The first-order valence-electron chi connectivity index (χ1n) is 0.894. The predicted octanol–water partition coefficient (Wildman–Crippen LogP) is -6.47. The molecule has 0 aromatic heterocycles. The minimum Gasteiger partial charge on any atom is -1.00 e. The van der Waals surface area contributed by atoms with Crippen LogP contribution in [0.15, 0.2) is 0 Å². The van der Waals surface area contributed by atoms with E-state index in [1.165, 1.54) is 0 Å². The molecule has 0 spiro atoms. The third-order valence-corrected chi connectivity index (χ3v) is 0. The Morgan fingerprint density at radius 1 is 1.00 bits per heavy atom. The van der Waals surface area contributed by atoms with E-state index in [0.29, 0.717) is 0 Å². The molecule has 8 heavy (non-hydrogen) atoms. The fourth-order valence-corrected chi connectivity index (χ4v) is 0. The summed E-state index contributed by atoms with van der Waals surface area (Å²) >= 11 is 0. The first-order valence-corrected chi connectivity index (χ1v) is 2.68. The van der Waals surface area contributed by atoms with Gasteiger partial charge in [-0.15, -0.1) is 0 Å². The normalized spacial score (nSPS) is 7.50. The molecule has 0 bridgehead atoms. The Kier molecular flexibility index (Phi) is 26.0. The Morgan fingerprint density at radius 3 is 1.00 bits per heavy atom. The molecule has 0 amide bonds. The molecule has 0 unspecified atom stereocenters. The van der Waals surface area contributed by atoms with Crippen LogP contribution in [0.1, 0.15) is 4.28 Å². The molecule has 0 heterocycles. The Balaban J connectivity index is -0.00000000533. The smallest absolute Gasteiger partial charge is 1.00 e. The van der Waals surface area contributed by atoms with Gasteiger partial charge in [-0.3, -0.25) is 0 Å². The largest absolute Gasteiger partial charge is 2.00 e. The fourth-order valence-electron chi connectivity index (χ4n) is 0. The zero-order chi connectivity index (χ0) is 4.50. The van der Waals surface area contributed by atoms with Crippen molar-refractivity contribution in [1.82, 2.24) is 0 Å². The maximum Gasteiger partial charge on any atom is 2.00 e. The van der Waals surface area contributed by atoms with E-state index in [4.69, 9.17) is 19.2 Å². The van der Waals surface area contributed by atoms with Gasteiger partial charge in [-0.05, 0) is 0 Å². The molecular weight excluding hydrogens is 171 g/mol. The summed E-state index contributed by atoms with van der Waals surface area (Å²) in [5.74, 6) is 0. The van der Waals surface area contributed by atoms with Crippen molar-refractivity contribution < 1.29 is 58.5 Å². The summed E-state index contributed by atoms with van der Waals surface area (Å²) in [6.45, 7) is 0. The van der Waals surface area contributed by atoms with Gasteiger partial charge in [0, 0.05) is 0 Å². The van der Waals surface area contributed by atoms with Crippen molar-refractivity contribution in [3.05, 3.63) is 0 Å².